The van der Waals surface area contributed by atoms with E-state index < -0.39 is 0 Å². The number of benzene rings is 1. The van der Waals surface area contributed by atoms with Crippen molar-refractivity contribution in [3.8, 4) is 11.3 Å². The van der Waals surface area contributed by atoms with Gasteiger partial charge in [-0.25, -0.2) is 4.98 Å². The topological polar surface area (TPSA) is 57.8 Å². The van der Waals surface area contributed by atoms with Crippen molar-refractivity contribution in [2.45, 2.75) is 36.7 Å². The van der Waals surface area contributed by atoms with Gasteiger partial charge >= 0.3 is 0 Å². The van der Waals surface area contributed by atoms with Crippen molar-refractivity contribution >= 4 is 56.8 Å². The molecule has 2 unspecified atom stereocenters. The van der Waals surface area contributed by atoms with Gasteiger partial charge in [0.15, 0.2) is 5.13 Å². The molecule has 1 amide bonds. The number of fused-ring (bicyclic) bond motifs is 1. The third-order valence-electron chi connectivity index (χ3n) is 7.13. The number of aryl methyl sites for hydroxylation is 1. The second-order valence-corrected chi connectivity index (χ2v) is 12.6. The molecule has 3 aliphatic rings. The van der Waals surface area contributed by atoms with Crippen LogP contribution in [0.25, 0.3) is 22.2 Å². The van der Waals surface area contributed by atoms with E-state index in [9.17, 15) is 4.79 Å². The third-order valence-corrected chi connectivity index (χ3v) is 11.9. The Labute approximate surface area is 189 Å². The fourth-order valence-electron chi connectivity index (χ4n) is 5.88. The van der Waals surface area contributed by atoms with Crippen LogP contribution in [0.5, 0.6) is 0 Å². The number of rotatable bonds is 3. The number of carbonyl (C=O) groups is 1. The lowest BCUT2D eigenvalue weighted by molar-refractivity contribution is -0.121. The predicted octanol–water partition coefficient (Wildman–Crippen LogP) is 6.15. The Bertz CT molecular complexity index is 1100. The van der Waals surface area contributed by atoms with Gasteiger partial charge in [0, 0.05) is 45.0 Å². The fraction of sp³-hybridized carbons (Fsp3) is 0.478. The maximum Gasteiger partial charge on any atom is 0.229 e. The second kappa shape index (κ2) is 7.31. The van der Waals surface area contributed by atoms with Crippen LogP contribution in [0.15, 0.2) is 29.6 Å². The first-order valence-corrected chi connectivity index (χ1v) is 13.6. The van der Waals surface area contributed by atoms with Crippen LogP contribution in [0.4, 0.5) is 5.13 Å². The SMILES string of the molecule is Cc1[nH]c2ccccc2c1-c1csc(NC(=O)C2CC3CCC(C2)C32SCCS2)n1. The first kappa shape index (κ1) is 19.3. The van der Waals surface area contributed by atoms with Crippen molar-refractivity contribution in [2.75, 3.05) is 16.8 Å². The monoisotopic (exact) mass is 455 g/mol. The van der Waals surface area contributed by atoms with Crippen LogP contribution < -0.4 is 5.32 Å². The zero-order valence-corrected chi connectivity index (χ0v) is 19.4. The minimum atomic E-state index is 0.136. The Morgan fingerprint density at radius 2 is 1.90 bits per heavy atom. The second-order valence-electron chi connectivity index (χ2n) is 8.76. The van der Waals surface area contributed by atoms with E-state index in [0.717, 1.165) is 40.4 Å². The quantitative estimate of drug-likeness (QED) is 0.497. The van der Waals surface area contributed by atoms with Gasteiger partial charge in [0.05, 0.1) is 9.77 Å². The summed E-state index contributed by atoms with van der Waals surface area (Å²) in [6.45, 7) is 2.08. The number of anilines is 1. The largest absolute Gasteiger partial charge is 0.358 e. The molecule has 156 valence electrons. The van der Waals surface area contributed by atoms with Crippen molar-refractivity contribution in [1.29, 1.82) is 0 Å². The summed E-state index contributed by atoms with van der Waals surface area (Å²) in [5, 5.41) is 7.11. The van der Waals surface area contributed by atoms with Crippen LogP contribution in [0.2, 0.25) is 0 Å². The number of nitrogens with zero attached hydrogens (tertiary/aromatic N) is 1. The molecule has 2 aliphatic carbocycles. The number of thiazole rings is 1. The molecule has 3 fully saturated rings. The summed E-state index contributed by atoms with van der Waals surface area (Å²) in [4.78, 5) is 21.3. The van der Waals surface area contributed by atoms with Crippen LogP contribution >= 0.6 is 34.9 Å². The summed E-state index contributed by atoms with van der Waals surface area (Å²) in [6.07, 6.45) is 4.69. The lowest BCUT2D eigenvalue weighted by Crippen LogP contribution is -2.41. The molecule has 2 aromatic heterocycles. The molecule has 1 saturated heterocycles. The lowest BCUT2D eigenvalue weighted by atomic mass is 9.79. The standard InChI is InChI=1S/C23H25N3OS3/c1-13-20(17-4-2-3-5-18(17)24-13)19-12-28-22(25-19)26-21(27)14-10-15-6-7-16(11-14)23(15)29-8-9-30-23/h2-5,12,14-16,24H,6-11H2,1H3,(H,25,26,27). The Morgan fingerprint density at radius 1 is 1.17 bits per heavy atom. The molecule has 3 aromatic rings. The minimum Gasteiger partial charge on any atom is -0.358 e. The summed E-state index contributed by atoms with van der Waals surface area (Å²) in [5.41, 5.74) is 4.31. The van der Waals surface area contributed by atoms with Crippen LogP contribution in [0, 0.1) is 24.7 Å². The van der Waals surface area contributed by atoms with E-state index in [0.29, 0.717) is 15.9 Å². The number of nitrogens with one attached hydrogen (secondary N) is 2. The van der Waals surface area contributed by atoms with E-state index in [1.807, 2.05) is 6.07 Å². The van der Waals surface area contributed by atoms with E-state index in [1.165, 1.54) is 41.1 Å². The smallest absolute Gasteiger partial charge is 0.229 e. The molecule has 2 atom stereocenters. The van der Waals surface area contributed by atoms with Gasteiger partial charge in [-0.2, -0.15) is 0 Å². The normalized spacial score (nSPS) is 27.2. The Balaban J connectivity index is 1.20. The number of hydrogen-bond donors (Lipinski definition) is 2. The van der Waals surface area contributed by atoms with Gasteiger partial charge in [-0.1, -0.05) is 18.2 Å². The highest BCUT2D eigenvalue weighted by atomic mass is 32.2. The summed E-state index contributed by atoms with van der Waals surface area (Å²) in [5.74, 6) is 4.27. The zero-order chi connectivity index (χ0) is 20.3. The number of H-pyrrole nitrogens is 1. The van der Waals surface area contributed by atoms with Crippen LogP contribution in [-0.2, 0) is 4.79 Å². The Hall–Kier alpha value is -1.44. The Kier molecular flexibility index (Phi) is 4.70. The minimum absolute atomic E-state index is 0.136. The first-order chi connectivity index (χ1) is 14.6. The average molecular weight is 456 g/mol. The summed E-state index contributed by atoms with van der Waals surface area (Å²) in [6, 6.07) is 8.31. The predicted molar refractivity (Wildman–Crippen MR) is 129 cm³/mol. The summed E-state index contributed by atoms with van der Waals surface area (Å²) < 4.78 is 0.429. The van der Waals surface area contributed by atoms with Gasteiger partial charge < -0.3 is 10.3 Å². The summed E-state index contributed by atoms with van der Waals surface area (Å²) in [7, 11) is 0. The number of aromatic amines is 1. The number of thioether (sulfide) groups is 2. The van der Waals surface area contributed by atoms with Crippen LogP contribution in [-0.4, -0.2) is 31.5 Å². The van der Waals surface area contributed by atoms with Crippen molar-refractivity contribution in [3.05, 3.63) is 35.3 Å². The van der Waals surface area contributed by atoms with E-state index >= 15 is 0 Å². The van der Waals surface area contributed by atoms with Gasteiger partial charge in [0.25, 0.3) is 0 Å². The number of hydrogen-bond acceptors (Lipinski definition) is 5. The van der Waals surface area contributed by atoms with E-state index in [2.05, 4.69) is 64.3 Å². The highest BCUT2D eigenvalue weighted by molar-refractivity contribution is 8.21. The van der Waals surface area contributed by atoms with Crippen molar-refractivity contribution in [2.24, 2.45) is 17.8 Å². The third kappa shape index (κ3) is 2.96. The molecule has 0 radical (unpaired) electrons. The molecular formula is C23H25N3OS3. The lowest BCUT2D eigenvalue weighted by Gasteiger charge is -2.42. The van der Waals surface area contributed by atoms with Crippen molar-refractivity contribution in [1.82, 2.24) is 9.97 Å². The fourth-order valence-corrected chi connectivity index (χ4v) is 10.5. The molecule has 2 saturated carbocycles. The Morgan fingerprint density at radius 3 is 2.67 bits per heavy atom. The van der Waals surface area contributed by atoms with Crippen molar-refractivity contribution < 1.29 is 4.79 Å². The first-order valence-electron chi connectivity index (χ1n) is 10.8. The molecule has 1 aromatic carbocycles. The number of amides is 1. The highest BCUT2D eigenvalue weighted by Crippen LogP contribution is 2.65. The molecule has 30 heavy (non-hydrogen) atoms. The molecule has 6 rings (SSSR count). The number of aromatic nitrogens is 2. The molecule has 3 heterocycles. The van der Waals surface area contributed by atoms with E-state index in [-0.39, 0.29) is 11.8 Å². The maximum atomic E-state index is 13.1. The molecule has 2 bridgehead atoms. The number of para-hydroxylation sites is 1. The van der Waals surface area contributed by atoms with Gasteiger partial charge in [-0.15, -0.1) is 34.9 Å². The van der Waals surface area contributed by atoms with Crippen molar-refractivity contribution in [3.63, 3.8) is 0 Å². The molecule has 1 aliphatic heterocycles. The molecule has 4 nitrogen and oxygen atoms in total. The molecular weight excluding hydrogens is 430 g/mol. The zero-order valence-electron chi connectivity index (χ0n) is 16.9. The van der Waals surface area contributed by atoms with Crippen LogP contribution in [0.1, 0.15) is 31.4 Å². The average Bonchev–Trinajstić information content (AvgIpc) is 3.49. The molecule has 2 N–H and O–H groups in total. The van der Waals surface area contributed by atoms with E-state index in [4.69, 9.17) is 4.98 Å². The van der Waals surface area contributed by atoms with Gasteiger partial charge in [-0.3, -0.25) is 4.79 Å². The highest BCUT2D eigenvalue weighted by Gasteiger charge is 2.57. The molecule has 7 heteroatoms. The van der Waals surface area contributed by atoms with Crippen LogP contribution in [0.3, 0.4) is 0 Å². The molecule has 1 spiro atoms. The summed E-state index contributed by atoms with van der Waals surface area (Å²) >= 11 is 5.90. The van der Waals surface area contributed by atoms with Gasteiger partial charge in [0.1, 0.15) is 0 Å². The maximum absolute atomic E-state index is 13.1. The van der Waals surface area contributed by atoms with E-state index in [1.54, 1.807) is 0 Å². The number of carbonyl (C=O) groups excluding carboxylic acids is 1. The van der Waals surface area contributed by atoms with Gasteiger partial charge in [0.2, 0.25) is 5.91 Å². The van der Waals surface area contributed by atoms with Gasteiger partial charge in [-0.05, 0) is 50.5 Å².